The Kier molecular flexibility index (Phi) is 7.31. The lowest BCUT2D eigenvalue weighted by Crippen LogP contribution is -2.01. The minimum absolute atomic E-state index is 0.0537. The molecule has 0 N–H and O–H groups in total. The van der Waals surface area contributed by atoms with Crippen molar-refractivity contribution in [3.05, 3.63) is 63.6 Å². The van der Waals surface area contributed by atoms with Gasteiger partial charge in [0.05, 0.1) is 11.6 Å². The standard InChI is InChI=1S/C21H19BrO4/c1-4-11-25-20(23)10-9-16-12-18(22)21(19(13-16)24-3)26-14-17-8-6-5-7-15(17)2/h1,5-10,12-13H,11,14H2,2-3H3/b10-9+. The smallest absolute Gasteiger partial charge is 0.331 e. The lowest BCUT2D eigenvalue weighted by molar-refractivity contribution is -0.136. The minimum Gasteiger partial charge on any atom is -0.493 e. The molecular weight excluding hydrogens is 396 g/mol. The summed E-state index contributed by atoms with van der Waals surface area (Å²) in [5.41, 5.74) is 3.02. The van der Waals surface area contributed by atoms with Crippen LogP contribution in [0.4, 0.5) is 0 Å². The second kappa shape index (κ2) is 9.69. The van der Waals surface area contributed by atoms with Crippen LogP contribution in [0.5, 0.6) is 11.5 Å². The van der Waals surface area contributed by atoms with E-state index in [4.69, 9.17) is 20.6 Å². The highest BCUT2D eigenvalue weighted by Gasteiger charge is 2.12. The number of hydrogen-bond donors (Lipinski definition) is 0. The van der Waals surface area contributed by atoms with Crippen LogP contribution >= 0.6 is 15.9 Å². The fraction of sp³-hybridized carbons (Fsp3) is 0.190. The quantitative estimate of drug-likeness (QED) is 0.379. The third-order valence-corrected chi connectivity index (χ3v) is 4.18. The number of esters is 1. The predicted octanol–water partition coefficient (Wildman–Crippen LogP) is 4.53. The molecule has 0 heterocycles. The van der Waals surface area contributed by atoms with Crippen molar-refractivity contribution in [1.29, 1.82) is 0 Å². The molecular formula is C21H19BrO4. The Balaban J connectivity index is 2.16. The Labute approximate surface area is 161 Å². The van der Waals surface area contributed by atoms with E-state index in [1.54, 1.807) is 19.3 Å². The Morgan fingerprint density at radius 2 is 2.08 bits per heavy atom. The van der Waals surface area contributed by atoms with Gasteiger partial charge in [0.1, 0.15) is 6.61 Å². The molecule has 0 unspecified atom stereocenters. The number of carbonyl (C=O) groups is 1. The topological polar surface area (TPSA) is 44.8 Å². The molecule has 0 aliphatic rings. The van der Waals surface area contributed by atoms with E-state index in [-0.39, 0.29) is 6.61 Å². The first-order valence-corrected chi connectivity index (χ1v) is 8.67. The molecule has 0 saturated heterocycles. The van der Waals surface area contributed by atoms with Gasteiger partial charge in [-0.25, -0.2) is 4.79 Å². The maximum absolute atomic E-state index is 11.5. The van der Waals surface area contributed by atoms with Crippen LogP contribution in [-0.2, 0) is 16.1 Å². The van der Waals surface area contributed by atoms with Crippen molar-refractivity contribution in [2.45, 2.75) is 13.5 Å². The number of ether oxygens (including phenoxy) is 3. The molecule has 0 atom stereocenters. The SMILES string of the molecule is C#CCOC(=O)/C=C/c1cc(Br)c(OCc2ccccc2C)c(OC)c1. The number of aryl methyl sites for hydroxylation is 1. The summed E-state index contributed by atoms with van der Waals surface area (Å²) in [4.78, 5) is 11.5. The second-order valence-electron chi connectivity index (χ2n) is 5.39. The highest BCUT2D eigenvalue weighted by atomic mass is 79.9. The van der Waals surface area contributed by atoms with Crippen molar-refractivity contribution in [2.24, 2.45) is 0 Å². The van der Waals surface area contributed by atoms with Gasteiger partial charge < -0.3 is 14.2 Å². The van der Waals surface area contributed by atoms with E-state index in [0.29, 0.717) is 18.1 Å². The van der Waals surface area contributed by atoms with E-state index in [1.165, 1.54) is 6.08 Å². The summed E-state index contributed by atoms with van der Waals surface area (Å²) in [6.07, 6.45) is 7.98. The summed E-state index contributed by atoms with van der Waals surface area (Å²) < 4.78 is 16.9. The average Bonchev–Trinajstić information content (AvgIpc) is 2.64. The van der Waals surface area contributed by atoms with Crippen molar-refractivity contribution in [3.63, 3.8) is 0 Å². The first-order chi connectivity index (χ1) is 12.5. The number of carbonyl (C=O) groups excluding carboxylic acids is 1. The molecule has 0 saturated carbocycles. The van der Waals surface area contributed by atoms with Gasteiger partial charge in [-0.1, -0.05) is 30.2 Å². The molecule has 0 fully saturated rings. The van der Waals surface area contributed by atoms with Gasteiger partial charge in [-0.15, -0.1) is 6.42 Å². The first kappa shape index (κ1) is 19.6. The zero-order chi connectivity index (χ0) is 18.9. The molecule has 0 radical (unpaired) electrons. The number of methoxy groups -OCH3 is 1. The summed E-state index contributed by atoms with van der Waals surface area (Å²) >= 11 is 3.50. The fourth-order valence-corrected chi connectivity index (χ4v) is 2.80. The molecule has 2 aromatic rings. The molecule has 0 spiro atoms. The van der Waals surface area contributed by atoms with Crippen molar-refractivity contribution >= 4 is 28.0 Å². The molecule has 134 valence electrons. The van der Waals surface area contributed by atoms with Crippen molar-refractivity contribution < 1.29 is 19.0 Å². The van der Waals surface area contributed by atoms with E-state index in [9.17, 15) is 4.79 Å². The summed E-state index contributed by atoms with van der Waals surface area (Å²) in [5, 5.41) is 0. The molecule has 2 aromatic carbocycles. The highest BCUT2D eigenvalue weighted by molar-refractivity contribution is 9.10. The highest BCUT2D eigenvalue weighted by Crippen LogP contribution is 2.37. The van der Waals surface area contributed by atoms with Gasteiger partial charge in [0.25, 0.3) is 0 Å². The molecule has 26 heavy (non-hydrogen) atoms. The number of hydrogen-bond acceptors (Lipinski definition) is 4. The lowest BCUT2D eigenvalue weighted by Gasteiger charge is -2.14. The van der Waals surface area contributed by atoms with Crippen LogP contribution in [0.15, 0.2) is 46.9 Å². The van der Waals surface area contributed by atoms with Gasteiger partial charge in [0, 0.05) is 6.08 Å². The van der Waals surface area contributed by atoms with Crippen LogP contribution in [0.1, 0.15) is 16.7 Å². The zero-order valence-electron chi connectivity index (χ0n) is 14.6. The number of halogens is 1. The molecule has 2 rings (SSSR count). The van der Waals surface area contributed by atoms with E-state index in [2.05, 4.69) is 21.9 Å². The summed E-state index contributed by atoms with van der Waals surface area (Å²) in [6.45, 7) is 2.41. The van der Waals surface area contributed by atoms with Crippen LogP contribution < -0.4 is 9.47 Å². The zero-order valence-corrected chi connectivity index (χ0v) is 16.2. The number of benzene rings is 2. The van der Waals surface area contributed by atoms with Crippen molar-refractivity contribution in [3.8, 4) is 23.8 Å². The van der Waals surface area contributed by atoms with Gasteiger partial charge in [0.15, 0.2) is 18.1 Å². The van der Waals surface area contributed by atoms with Gasteiger partial charge in [-0.3, -0.25) is 0 Å². The second-order valence-corrected chi connectivity index (χ2v) is 6.25. The molecule has 0 bridgehead atoms. The normalized spacial score (nSPS) is 10.4. The number of rotatable bonds is 7. The Morgan fingerprint density at radius 1 is 1.31 bits per heavy atom. The van der Waals surface area contributed by atoms with E-state index < -0.39 is 5.97 Å². The lowest BCUT2D eigenvalue weighted by atomic mass is 10.1. The Morgan fingerprint density at radius 3 is 2.77 bits per heavy atom. The molecule has 0 aliphatic heterocycles. The van der Waals surface area contributed by atoms with Crippen LogP contribution in [0, 0.1) is 19.3 Å². The van der Waals surface area contributed by atoms with Gasteiger partial charge in [-0.05, 0) is 57.8 Å². The molecule has 0 amide bonds. The number of terminal acetylenes is 1. The monoisotopic (exact) mass is 414 g/mol. The van der Waals surface area contributed by atoms with E-state index >= 15 is 0 Å². The van der Waals surface area contributed by atoms with Crippen LogP contribution in [0.2, 0.25) is 0 Å². The first-order valence-electron chi connectivity index (χ1n) is 7.88. The third-order valence-electron chi connectivity index (χ3n) is 3.59. The Hall–Kier alpha value is -2.71. The van der Waals surface area contributed by atoms with Crippen LogP contribution in [0.3, 0.4) is 0 Å². The predicted molar refractivity (Wildman–Crippen MR) is 105 cm³/mol. The maximum atomic E-state index is 11.5. The summed E-state index contributed by atoms with van der Waals surface area (Å²) in [7, 11) is 1.57. The molecule has 0 aromatic heterocycles. The summed E-state index contributed by atoms with van der Waals surface area (Å²) in [6, 6.07) is 11.6. The average molecular weight is 415 g/mol. The van der Waals surface area contributed by atoms with Gasteiger partial charge in [-0.2, -0.15) is 0 Å². The largest absolute Gasteiger partial charge is 0.493 e. The van der Waals surface area contributed by atoms with Crippen molar-refractivity contribution in [2.75, 3.05) is 13.7 Å². The maximum Gasteiger partial charge on any atom is 0.331 e. The molecule has 0 aliphatic carbocycles. The van der Waals surface area contributed by atoms with Crippen LogP contribution in [-0.4, -0.2) is 19.7 Å². The van der Waals surface area contributed by atoms with E-state index in [0.717, 1.165) is 21.2 Å². The summed E-state index contributed by atoms with van der Waals surface area (Å²) in [5.74, 6) is 2.90. The van der Waals surface area contributed by atoms with Crippen LogP contribution in [0.25, 0.3) is 6.08 Å². The molecule has 4 nitrogen and oxygen atoms in total. The molecule has 5 heteroatoms. The minimum atomic E-state index is -0.502. The van der Waals surface area contributed by atoms with Crippen molar-refractivity contribution in [1.82, 2.24) is 0 Å². The van der Waals surface area contributed by atoms with Gasteiger partial charge in [0.2, 0.25) is 0 Å². The Bertz CT molecular complexity index is 850. The third kappa shape index (κ3) is 5.40. The van der Waals surface area contributed by atoms with E-state index in [1.807, 2.05) is 37.3 Å². The fourth-order valence-electron chi connectivity index (χ4n) is 2.22. The van der Waals surface area contributed by atoms with Gasteiger partial charge >= 0.3 is 5.97 Å².